The summed E-state index contributed by atoms with van der Waals surface area (Å²) in [4.78, 5) is 22.5. The van der Waals surface area contributed by atoms with Crippen LogP contribution in [0, 0.1) is 0 Å². The van der Waals surface area contributed by atoms with E-state index in [-0.39, 0.29) is 11.2 Å². The quantitative estimate of drug-likeness (QED) is 0.615. The van der Waals surface area contributed by atoms with Crippen LogP contribution >= 0.6 is 23.1 Å². The highest BCUT2D eigenvalue weighted by Crippen LogP contribution is 2.49. The number of nitrogens with zero attached hydrogens (tertiary/aromatic N) is 2. The van der Waals surface area contributed by atoms with Gasteiger partial charge in [-0.25, -0.2) is 4.98 Å². The van der Waals surface area contributed by atoms with Crippen LogP contribution in [0.15, 0.2) is 59.5 Å². The Labute approximate surface area is 173 Å². The number of anilines is 2. The summed E-state index contributed by atoms with van der Waals surface area (Å²) >= 11 is 3.31. The minimum absolute atomic E-state index is 0.0368. The predicted molar refractivity (Wildman–Crippen MR) is 117 cm³/mol. The molecule has 0 bridgehead atoms. The van der Waals surface area contributed by atoms with Crippen LogP contribution in [-0.2, 0) is 4.79 Å². The van der Waals surface area contributed by atoms with E-state index in [0.717, 1.165) is 44.9 Å². The van der Waals surface area contributed by atoms with E-state index < -0.39 is 0 Å². The van der Waals surface area contributed by atoms with Crippen LogP contribution in [0.4, 0.5) is 10.8 Å². The van der Waals surface area contributed by atoms with E-state index in [1.807, 2.05) is 36.4 Å². The van der Waals surface area contributed by atoms with E-state index in [1.54, 1.807) is 23.1 Å². The molecular weight excluding hydrogens is 386 g/mol. The maximum absolute atomic E-state index is 13.0. The molecule has 6 heteroatoms. The minimum Gasteiger partial charge on any atom is -0.348 e. The van der Waals surface area contributed by atoms with Gasteiger partial charge in [0.15, 0.2) is 5.13 Å². The second-order valence-corrected chi connectivity index (χ2v) is 9.26. The summed E-state index contributed by atoms with van der Waals surface area (Å²) in [6.07, 6.45) is 3.71. The molecule has 5 rings (SSSR count). The minimum atomic E-state index is -0.277. The van der Waals surface area contributed by atoms with Crippen molar-refractivity contribution >= 4 is 39.8 Å². The number of thioether (sulfide) groups is 1. The Hall–Kier alpha value is -2.31. The second-order valence-electron chi connectivity index (χ2n) is 7.11. The van der Waals surface area contributed by atoms with E-state index in [9.17, 15) is 4.79 Å². The number of rotatable bonds is 3. The lowest BCUT2D eigenvalue weighted by Crippen LogP contribution is -2.29. The van der Waals surface area contributed by atoms with Crippen LogP contribution in [0.5, 0.6) is 0 Å². The lowest BCUT2D eigenvalue weighted by Gasteiger charge is -2.26. The molecule has 3 aromatic rings. The third-order valence-corrected chi connectivity index (χ3v) is 7.81. The zero-order valence-corrected chi connectivity index (χ0v) is 17.1. The third kappa shape index (κ3) is 3.31. The average Bonchev–Trinajstić information content (AvgIpc) is 3.20. The molecule has 0 aliphatic carbocycles. The maximum Gasteiger partial charge on any atom is 0.243 e. The van der Waals surface area contributed by atoms with Crippen molar-refractivity contribution in [3.05, 3.63) is 59.5 Å². The highest BCUT2D eigenvalue weighted by Gasteiger charge is 2.33. The van der Waals surface area contributed by atoms with Gasteiger partial charge in [0.1, 0.15) is 5.25 Å². The van der Waals surface area contributed by atoms with Crippen molar-refractivity contribution in [2.75, 3.05) is 23.3 Å². The summed E-state index contributed by atoms with van der Waals surface area (Å²) in [6, 6.07) is 18.2. The van der Waals surface area contributed by atoms with Gasteiger partial charge >= 0.3 is 0 Å². The summed E-state index contributed by atoms with van der Waals surface area (Å²) in [5.41, 5.74) is 2.92. The summed E-state index contributed by atoms with van der Waals surface area (Å²) in [5.74, 6) is 0.0368. The highest BCUT2D eigenvalue weighted by molar-refractivity contribution is 8.00. The fourth-order valence-corrected chi connectivity index (χ4v) is 6.20. The van der Waals surface area contributed by atoms with Crippen LogP contribution in [0.2, 0.25) is 0 Å². The summed E-state index contributed by atoms with van der Waals surface area (Å²) in [7, 11) is 0. The number of benzene rings is 2. The molecule has 1 atom stereocenters. The number of aromatic nitrogens is 1. The van der Waals surface area contributed by atoms with E-state index in [2.05, 4.69) is 28.4 Å². The average molecular weight is 408 g/mol. The lowest BCUT2D eigenvalue weighted by atomic mass is 10.1. The van der Waals surface area contributed by atoms with E-state index in [4.69, 9.17) is 4.98 Å². The number of thiazole rings is 1. The SMILES string of the molecule is O=C1Nc2ccccc2S[C@H]1c1sc(N2CCCCC2)nc1-c1ccccc1. The Balaban J connectivity index is 1.57. The fraction of sp³-hybridized carbons (Fsp3) is 0.273. The Morgan fingerprint density at radius 1 is 0.964 bits per heavy atom. The molecule has 2 aliphatic rings. The maximum atomic E-state index is 13.0. The first kappa shape index (κ1) is 17.8. The molecule has 4 nitrogen and oxygen atoms in total. The Bertz CT molecular complexity index is 996. The number of nitrogens with one attached hydrogen (secondary N) is 1. The summed E-state index contributed by atoms with van der Waals surface area (Å²) in [5, 5.41) is 3.85. The predicted octanol–water partition coefficient (Wildman–Crippen LogP) is 5.59. The van der Waals surface area contributed by atoms with E-state index >= 15 is 0 Å². The van der Waals surface area contributed by atoms with Gasteiger partial charge in [-0.3, -0.25) is 4.79 Å². The largest absolute Gasteiger partial charge is 0.348 e. The molecule has 1 amide bonds. The number of carbonyl (C=O) groups is 1. The number of amides is 1. The van der Waals surface area contributed by atoms with Crippen LogP contribution in [0.1, 0.15) is 29.4 Å². The smallest absolute Gasteiger partial charge is 0.243 e. The molecule has 0 unspecified atom stereocenters. The first-order valence-electron chi connectivity index (χ1n) is 9.67. The number of hydrogen-bond donors (Lipinski definition) is 1. The van der Waals surface area contributed by atoms with Crippen LogP contribution in [0.3, 0.4) is 0 Å². The number of hydrogen-bond acceptors (Lipinski definition) is 5. The van der Waals surface area contributed by atoms with Crippen molar-refractivity contribution in [2.45, 2.75) is 29.4 Å². The Morgan fingerprint density at radius 2 is 1.71 bits per heavy atom. The van der Waals surface area contributed by atoms with Gasteiger partial charge in [-0.15, -0.1) is 11.8 Å². The van der Waals surface area contributed by atoms with Crippen LogP contribution < -0.4 is 10.2 Å². The second kappa shape index (κ2) is 7.60. The van der Waals surface area contributed by atoms with Crippen molar-refractivity contribution < 1.29 is 4.79 Å². The molecule has 3 heterocycles. The normalized spacial score (nSPS) is 19.2. The summed E-state index contributed by atoms with van der Waals surface area (Å²) in [6.45, 7) is 2.10. The zero-order chi connectivity index (χ0) is 18.9. The molecule has 2 aliphatic heterocycles. The van der Waals surface area contributed by atoms with E-state index in [1.165, 1.54) is 19.3 Å². The van der Waals surface area contributed by atoms with Crippen molar-refractivity contribution in [3.63, 3.8) is 0 Å². The Kier molecular flexibility index (Phi) is 4.82. The van der Waals surface area contributed by atoms with E-state index in [0.29, 0.717) is 0 Å². The number of piperidine rings is 1. The molecule has 28 heavy (non-hydrogen) atoms. The van der Waals surface area contributed by atoms with Gasteiger partial charge < -0.3 is 10.2 Å². The first-order valence-corrected chi connectivity index (χ1v) is 11.4. The van der Waals surface area contributed by atoms with Crippen molar-refractivity contribution in [1.29, 1.82) is 0 Å². The number of para-hydroxylation sites is 1. The molecule has 1 aromatic heterocycles. The first-order chi connectivity index (χ1) is 13.8. The third-order valence-electron chi connectivity index (χ3n) is 5.18. The zero-order valence-electron chi connectivity index (χ0n) is 15.4. The number of carbonyl (C=O) groups excluding carboxylic acids is 1. The fourth-order valence-electron chi connectivity index (χ4n) is 3.75. The number of fused-ring (bicyclic) bond motifs is 1. The van der Waals surface area contributed by atoms with Crippen LogP contribution in [0.25, 0.3) is 11.3 Å². The molecule has 0 saturated carbocycles. The topological polar surface area (TPSA) is 45.2 Å². The van der Waals surface area contributed by atoms with Crippen molar-refractivity contribution in [3.8, 4) is 11.3 Å². The molecule has 0 radical (unpaired) electrons. The van der Waals surface area contributed by atoms with Gasteiger partial charge in [0.2, 0.25) is 5.91 Å². The van der Waals surface area contributed by atoms with Crippen molar-refractivity contribution in [2.24, 2.45) is 0 Å². The molecule has 0 spiro atoms. The standard InChI is InChI=1S/C22H21N3OS2/c26-21-20(27-17-12-6-5-11-16(17)23-21)19-18(15-9-3-1-4-10-15)24-22(28-19)25-13-7-2-8-14-25/h1,3-6,9-12,20H,2,7-8,13-14H2,(H,23,26)/t20-/m0/s1. The van der Waals surface area contributed by atoms with Gasteiger partial charge in [-0.05, 0) is 31.4 Å². The van der Waals surface area contributed by atoms with Crippen LogP contribution in [-0.4, -0.2) is 24.0 Å². The van der Waals surface area contributed by atoms with Crippen molar-refractivity contribution in [1.82, 2.24) is 4.98 Å². The molecular formula is C22H21N3OS2. The molecule has 142 valence electrons. The van der Waals surface area contributed by atoms with Gasteiger partial charge in [0.05, 0.1) is 16.3 Å². The van der Waals surface area contributed by atoms with Gasteiger partial charge in [0, 0.05) is 23.5 Å². The van der Waals surface area contributed by atoms with Gasteiger partial charge in [-0.2, -0.15) is 0 Å². The molecule has 1 fully saturated rings. The van der Waals surface area contributed by atoms with Gasteiger partial charge in [0.25, 0.3) is 0 Å². The highest BCUT2D eigenvalue weighted by atomic mass is 32.2. The van der Waals surface area contributed by atoms with Gasteiger partial charge in [-0.1, -0.05) is 53.8 Å². The Morgan fingerprint density at radius 3 is 2.54 bits per heavy atom. The lowest BCUT2D eigenvalue weighted by molar-refractivity contribution is -0.115. The molecule has 2 aromatic carbocycles. The molecule has 1 saturated heterocycles. The summed E-state index contributed by atoms with van der Waals surface area (Å²) < 4.78 is 0. The monoisotopic (exact) mass is 407 g/mol. The molecule has 1 N–H and O–H groups in total.